The molecule has 1 aliphatic rings. The van der Waals surface area contributed by atoms with E-state index in [1.165, 1.54) is 6.07 Å². The topological polar surface area (TPSA) is 59.4 Å². The van der Waals surface area contributed by atoms with Crippen LogP contribution >= 0.6 is 0 Å². The smallest absolute Gasteiger partial charge is 0.242 e. The van der Waals surface area contributed by atoms with Gasteiger partial charge in [-0.2, -0.15) is 0 Å². The van der Waals surface area contributed by atoms with E-state index in [1.54, 1.807) is 17.2 Å². The number of benzene rings is 2. The first-order chi connectivity index (χ1) is 13.6. The number of Topliss-reactive ketones (excluding diaryl/α,β-unsaturated/α-hetero) is 1. The quantitative estimate of drug-likeness (QED) is 0.659. The van der Waals surface area contributed by atoms with Gasteiger partial charge in [0, 0.05) is 42.2 Å². The van der Waals surface area contributed by atoms with E-state index in [4.69, 9.17) is 0 Å². The lowest BCUT2D eigenvalue weighted by Gasteiger charge is -2.32. The lowest BCUT2D eigenvalue weighted by atomic mass is 9.90. The average Bonchev–Trinajstić information content (AvgIpc) is 2.76. The molecule has 1 aromatic heterocycles. The normalized spacial score (nSPS) is 16.9. The van der Waals surface area contributed by atoms with Gasteiger partial charge in [0.2, 0.25) is 5.91 Å². The highest BCUT2D eigenvalue weighted by molar-refractivity contribution is 5.98. The minimum Gasteiger partial charge on any atom is -0.340 e. The fourth-order valence-corrected chi connectivity index (χ4v) is 3.90. The third-order valence-electron chi connectivity index (χ3n) is 5.39. The standard InChI is InChI=1S/C23H22N2O3/c26-21-12-14-24(20-11-5-4-10-19(20)21)16-22(27)25-13-6-9-18(15-25)23(28)17-7-2-1-3-8-17/h1-5,7-8,10-12,14,18H,6,9,13,15-16H2/t18-/m1/s1. The van der Waals surface area contributed by atoms with Crippen LogP contribution in [0.3, 0.4) is 0 Å². The monoisotopic (exact) mass is 374 g/mol. The second kappa shape index (κ2) is 7.80. The molecule has 0 radical (unpaired) electrons. The van der Waals surface area contributed by atoms with E-state index in [0.717, 1.165) is 18.4 Å². The molecule has 2 aromatic carbocycles. The van der Waals surface area contributed by atoms with E-state index in [2.05, 4.69) is 0 Å². The van der Waals surface area contributed by atoms with E-state index in [1.807, 2.05) is 53.1 Å². The minimum absolute atomic E-state index is 0.0284. The molecule has 0 saturated carbocycles. The Kier molecular flexibility index (Phi) is 5.06. The van der Waals surface area contributed by atoms with Gasteiger partial charge >= 0.3 is 0 Å². The van der Waals surface area contributed by atoms with Crippen molar-refractivity contribution in [3.05, 3.63) is 82.6 Å². The Morgan fingerprint density at radius 1 is 0.964 bits per heavy atom. The lowest BCUT2D eigenvalue weighted by Crippen LogP contribution is -2.43. The van der Waals surface area contributed by atoms with E-state index in [9.17, 15) is 14.4 Å². The molecular formula is C23H22N2O3. The van der Waals surface area contributed by atoms with Crippen LogP contribution in [-0.4, -0.2) is 34.2 Å². The van der Waals surface area contributed by atoms with Gasteiger partial charge in [-0.05, 0) is 25.0 Å². The molecule has 28 heavy (non-hydrogen) atoms. The molecule has 0 aliphatic carbocycles. The maximum absolute atomic E-state index is 12.9. The van der Waals surface area contributed by atoms with Gasteiger partial charge in [0.1, 0.15) is 6.54 Å². The summed E-state index contributed by atoms with van der Waals surface area (Å²) in [7, 11) is 0. The first-order valence-corrected chi connectivity index (χ1v) is 9.59. The van der Waals surface area contributed by atoms with Gasteiger partial charge < -0.3 is 9.47 Å². The summed E-state index contributed by atoms with van der Waals surface area (Å²) in [5, 5.41) is 0.605. The number of amides is 1. The zero-order chi connectivity index (χ0) is 19.5. The Morgan fingerprint density at radius 3 is 2.54 bits per heavy atom. The van der Waals surface area contributed by atoms with Gasteiger partial charge in [-0.3, -0.25) is 14.4 Å². The summed E-state index contributed by atoms with van der Waals surface area (Å²) < 4.78 is 1.81. The van der Waals surface area contributed by atoms with Crippen LogP contribution in [0.2, 0.25) is 0 Å². The molecule has 1 saturated heterocycles. The molecule has 0 bridgehead atoms. The SMILES string of the molecule is O=C(c1ccccc1)[C@@H]1CCCN(C(=O)Cn2ccc(=O)c3ccccc32)C1. The van der Waals surface area contributed by atoms with Crippen LogP contribution < -0.4 is 5.43 Å². The van der Waals surface area contributed by atoms with Gasteiger partial charge in [-0.25, -0.2) is 0 Å². The maximum Gasteiger partial charge on any atom is 0.242 e. The highest BCUT2D eigenvalue weighted by atomic mass is 16.2. The summed E-state index contributed by atoms with van der Waals surface area (Å²) in [4.78, 5) is 39.5. The van der Waals surface area contributed by atoms with Crippen LogP contribution in [0.4, 0.5) is 0 Å². The van der Waals surface area contributed by atoms with Crippen LogP contribution in [0.1, 0.15) is 23.2 Å². The largest absolute Gasteiger partial charge is 0.340 e. The molecule has 5 heteroatoms. The predicted octanol–water partition coefficient (Wildman–Crippen LogP) is 3.12. The van der Waals surface area contributed by atoms with E-state index in [0.29, 0.717) is 24.0 Å². The molecule has 1 fully saturated rings. The third-order valence-corrected chi connectivity index (χ3v) is 5.39. The van der Waals surface area contributed by atoms with Crippen LogP contribution in [0.15, 0.2) is 71.7 Å². The molecule has 0 unspecified atom stereocenters. The fourth-order valence-electron chi connectivity index (χ4n) is 3.90. The number of ketones is 1. The Morgan fingerprint density at radius 2 is 1.71 bits per heavy atom. The summed E-state index contributed by atoms with van der Waals surface area (Å²) in [6.07, 6.45) is 3.29. The predicted molar refractivity (Wildman–Crippen MR) is 108 cm³/mol. The van der Waals surface area contributed by atoms with Gasteiger partial charge in [0.05, 0.1) is 5.52 Å². The van der Waals surface area contributed by atoms with Crippen LogP contribution in [0, 0.1) is 5.92 Å². The molecule has 5 nitrogen and oxygen atoms in total. The van der Waals surface area contributed by atoms with Crippen molar-refractivity contribution in [1.29, 1.82) is 0 Å². The number of para-hydroxylation sites is 1. The Hall–Kier alpha value is -3.21. The number of piperidine rings is 1. The number of aromatic nitrogens is 1. The van der Waals surface area contributed by atoms with E-state index < -0.39 is 0 Å². The van der Waals surface area contributed by atoms with Crippen LogP contribution in [-0.2, 0) is 11.3 Å². The third kappa shape index (κ3) is 3.60. The first-order valence-electron chi connectivity index (χ1n) is 9.59. The average molecular weight is 374 g/mol. The summed E-state index contributed by atoms with van der Waals surface area (Å²) in [6, 6.07) is 18.1. The number of carbonyl (C=O) groups excluding carboxylic acids is 2. The molecule has 0 N–H and O–H groups in total. The lowest BCUT2D eigenvalue weighted by molar-refractivity contribution is -0.133. The molecule has 3 aromatic rings. The Bertz CT molecular complexity index is 1070. The fraction of sp³-hybridized carbons (Fsp3) is 0.261. The van der Waals surface area contributed by atoms with E-state index in [-0.39, 0.29) is 29.6 Å². The highest BCUT2D eigenvalue weighted by Crippen LogP contribution is 2.21. The first kappa shape index (κ1) is 18.2. The molecule has 2 heterocycles. The summed E-state index contributed by atoms with van der Waals surface area (Å²) in [5.41, 5.74) is 1.40. The number of carbonyl (C=O) groups is 2. The zero-order valence-electron chi connectivity index (χ0n) is 15.6. The van der Waals surface area contributed by atoms with Crippen molar-refractivity contribution in [3.8, 4) is 0 Å². The molecule has 142 valence electrons. The molecule has 4 rings (SSSR count). The van der Waals surface area contributed by atoms with Crippen molar-refractivity contribution >= 4 is 22.6 Å². The maximum atomic E-state index is 12.9. The molecule has 1 amide bonds. The highest BCUT2D eigenvalue weighted by Gasteiger charge is 2.29. The molecular weight excluding hydrogens is 352 g/mol. The second-order valence-corrected chi connectivity index (χ2v) is 7.23. The Balaban J connectivity index is 1.50. The number of likely N-dealkylation sites (tertiary alicyclic amines) is 1. The van der Waals surface area contributed by atoms with Gasteiger partial charge in [-0.1, -0.05) is 42.5 Å². The van der Waals surface area contributed by atoms with Crippen molar-refractivity contribution in [2.45, 2.75) is 19.4 Å². The number of hydrogen-bond donors (Lipinski definition) is 0. The summed E-state index contributed by atoms with van der Waals surface area (Å²) in [5.74, 6) is -0.0860. The number of fused-ring (bicyclic) bond motifs is 1. The molecule has 0 spiro atoms. The number of hydrogen-bond acceptors (Lipinski definition) is 3. The molecule has 1 atom stereocenters. The van der Waals surface area contributed by atoms with Crippen LogP contribution in [0.5, 0.6) is 0 Å². The number of rotatable bonds is 4. The number of nitrogens with zero attached hydrogens (tertiary/aromatic N) is 2. The number of pyridine rings is 1. The minimum atomic E-state index is -0.161. The van der Waals surface area contributed by atoms with Crippen molar-refractivity contribution < 1.29 is 9.59 Å². The van der Waals surface area contributed by atoms with Crippen molar-refractivity contribution in [2.75, 3.05) is 13.1 Å². The van der Waals surface area contributed by atoms with Gasteiger partial charge in [-0.15, -0.1) is 0 Å². The van der Waals surface area contributed by atoms with Crippen molar-refractivity contribution in [3.63, 3.8) is 0 Å². The van der Waals surface area contributed by atoms with Crippen LogP contribution in [0.25, 0.3) is 10.9 Å². The second-order valence-electron chi connectivity index (χ2n) is 7.23. The summed E-state index contributed by atoms with van der Waals surface area (Å²) >= 11 is 0. The summed E-state index contributed by atoms with van der Waals surface area (Å²) in [6.45, 7) is 1.27. The van der Waals surface area contributed by atoms with Crippen molar-refractivity contribution in [2.24, 2.45) is 5.92 Å². The van der Waals surface area contributed by atoms with E-state index >= 15 is 0 Å². The Labute approximate surface area is 163 Å². The van der Waals surface area contributed by atoms with Crippen molar-refractivity contribution in [1.82, 2.24) is 9.47 Å². The molecule has 1 aliphatic heterocycles. The van der Waals surface area contributed by atoms with Gasteiger partial charge in [0.25, 0.3) is 0 Å². The van der Waals surface area contributed by atoms with Gasteiger partial charge in [0.15, 0.2) is 11.2 Å². The zero-order valence-corrected chi connectivity index (χ0v) is 15.6.